The minimum atomic E-state index is -0.959. The lowest BCUT2D eigenvalue weighted by molar-refractivity contribution is -0.160. The molecule has 3 aromatic rings. The number of carbonyl (C=O) groups excluding carboxylic acids is 2. The highest BCUT2D eigenvalue weighted by atomic mass is 16.5. The van der Waals surface area contributed by atoms with Crippen LogP contribution in [0, 0.1) is 13.8 Å². The van der Waals surface area contributed by atoms with Crippen molar-refractivity contribution in [3.63, 3.8) is 0 Å². The molecule has 1 aromatic heterocycles. The number of piperazine rings is 1. The SMILES string of the molecule is CC(=O)O[C@H](C(=O)N1CCN(Cc2cc(=O)c(OCc3cc(C)cc(C)c3)co2)CC1)c1ccccc1. The van der Waals surface area contributed by atoms with Gasteiger partial charge in [0.05, 0.1) is 6.54 Å². The van der Waals surface area contributed by atoms with Crippen molar-refractivity contribution in [2.24, 2.45) is 0 Å². The van der Waals surface area contributed by atoms with E-state index in [-0.39, 0.29) is 17.1 Å². The highest BCUT2D eigenvalue weighted by Gasteiger charge is 2.31. The second-order valence-corrected chi connectivity index (χ2v) is 9.36. The van der Waals surface area contributed by atoms with Gasteiger partial charge in [-0.3, -0.25) is 19.3 Å². The lowest BCUT2D eigenvalue weighted by Gasteiger charge is -2.35. The second-order valence-electron chi connectivity index (χ2n) is 9.36. The van der Waals surface area contributed by atoms with Crippen LogP contribution < -0.4 is 10.2 Å². The van der Waals surface area contributed by atoms with Gasteiger partial charge in [0.15, 0.2) is 0 Å². The summed E-state index contributed by atoms with van der Waals surface area (Å²) in [5, 5.41) is 0. The molecule has 0 unspecified atom stereocenters. The van der Waals surface area contributed by atoms with E-state index in [4.69, 9.17) is 13.9 Å². The Bertz CT molecular complexity index is 1270. The largest absolute Gasteiger partial charge is 0.482 e. The lowest BCUT2D eigenvalue weighted by atomic mass is 10.1. The molecule has 8 heteroatoms. The van der Waals surface area contributed by atoms with Gasteiger partial charge in [0.25, 0.3) is 5.91 Å². The van der Waals surface area contributed by atoms with E-state index in [1.54, 1.807) is 17.0 Å². The molecule has 2 heterocycles. The average molecular weight is 505 g/mol. The maximum atomic E-state index is 13.1. The van der Waals surface area contributed by atoms with Gasteiger partial charge >= 0.3 is 5.97 Å². The predicted molar refractivity (Wildman–Crippen MR) is 138 cm³/mol. The van der Waals surface area contributed by atoms with Crippen molar-refractivity contribution in [1.29, 1.82) is 0 Å². The minimum absolute atomic E-state index is 0.177. The van der Waals surface area contributed by atoms with Crippen LogP contribution in [0.15, 0.2) is 70.1 Å². The molecule has 1 aliphatic rings. The minimum Gasteiger partial charge on any atom is -0.482 e. The summed E-state index contributed by atoms with van der Waals surface area (Å²) in [6.45, 7) is 8.24. The first-order valence-electron chi connectivity index (χ1n) is 12.3. The summed E-state index contributed by atoms with van der Waals surface area (Å²) in [6.07, 6.45) is 0.406. The van der Waals surface area contributed by atoms with Crippen LogP contribution in [0.3, 0.4) is 0 Å². The first kappa shape index (κ1) is 26.2. The number of amides is 1. The zero-order chi connectivity index (χ0) is 26.4. The predicted octanol–water partition coefficient (Wildman–Crippen LogP) is 3.78. The molecule has 0 aliphatic carbocycles. The van der Waals surface area contributed by atoms with Gasteiger partial charge in [-0.25, -0.2) is 0 Å². The lowest BCUT2D eigenvalue weighted by Crippen LogP contribution is -2.50. The van der Waals surface area contributed by atoms with Crippen molar-refractivity contribution in [3.8, 4) is 5.75 Å². The van der Waals surface area contributed by atoms with Crippen LogP contribution >= 0.6 is 0 Å². The van der Waals surface area contributed by atoms with Crippen molar-refractivity contribution in [3.05, 3.63) is 99.1 Å². The van der Waals surface area contributed by atoms with Crippen LogP contribution in [0.4, 0.5) is 0 Å². The monoisotopic (exact) mass is 504 g/mol. The van der Waals surface area contributed by atoms with Crippen molar-refractivity contribution in [2.45, 2.75) is 40.0 Å². The van der Waals surface area contributed by atoms with Crippen LogP contribution in [0.1, 0.15) is 41.0 Å². The quantitative estimate of drug-likeness (QED) is 0.431. The zero-order valence-electron chi connectivity index (χ0n) is 21.4. The van der Waals surface area contributed by atoms with E-state index in [9.17, 15) is 14.4 Å². The van der Waals surface area contributed by atoms with Crippen molar-refractivity contribution >= 4 is 11.9 Å². The summed E-state index contributed by atoms with van der Waals surface area (Å²) in [5.41, 5.74) is 3.70. The summed E-state index contributed by atoms with van der Waals surface area (Å²) >= 11 is 0. The number of rotatable bonds is 8. The van der Waals surface area contributed by atoms with Gasteiger partial charge in [-0.05, 0) is 19.4 Å². The number of hydrogen-bond donors (Lipinski definition) is 0. The Labute approximate surface area is 216 Å². The van der Waals surface area contributed by atoms with Crippen molar-refractivity contribution < 1.29 is 23.5 Å². The summed E-state index contributed by atoms with van der Waals surface area (Å²) in [7, 11) is 0. The molecule has 0 radical (unpaired) electrons. The second kappa shape index (κ2) is 11.9. The van der Waals surface area contributed by atoms with Gasteiger partial charge in [-0.2, -0.15) is 0 Å². The van der Waals surface area contributed by atoms with Gasteiger partial charge < -0.3 is 18.8 Å². The third-order valence-corrected chi connectivity index (χ3v) is 6.20. The molecule has 1 atom stereocenters. The Morgan fingerprint density at radius 3 is 2.27 bits per heavy atom. The van der Waals surface area contributed by atoms with Crippen LogP contribution in [0.25, 0.3) is 0 Å². The highest BCUT2D eigenvalue weighted by Crippen LogP contribution is 2.22. The smallest absolute Gasteiger partial charge is 0.303 e. The number of hydrogen-bond acceptors (Lipinski definition) is 7. The van der Waals surface area contributed by atoms with E-state index < -0.39 is 12.1 Å². The molecule has 1 fully saturated rings. The van der Waals surface area contributed by atoms with Gasteiger partial charge in [0.1, 0.15) is 18.6 Å². The molecule has 37 heavy (non-hydrogen) atoms. The van der Waals surface area contributed by atoms with Gasteiger partial charge in [-0.1, -0.05) is 59.7 Å². The van der Waals surface area contributed by atoms with Crippen LogP contribution in [0.2, 0.25) is 0 Å². The topological polar surface area (TPSA) is 89.3 Å². The van der Waals surface area contributed by atoms with Gasteiger partial charge in [0, 0.05) is 44.7 Å². The standard InChI is InChI=1S/C29H32N2O6/c1-20-13-21(2)15-23(14-20)18-36-27-19-35-25(16-26(27)33)17-30-9-11-31(12-10-30)29(34)28(37-22(3)32)24-7-5-4-6-8-24/h4-8,13-16,19,28H,9-12,17-18H2,1-3H3/t28-/m0/s1. The van der Waals surface area contributed by atoms with Crippen LogP contribution in [0.5, 0.6) is 5.75 Å². The molecular formula is C29H32N2O6. The van der Waals surface area contributed by atoms with Crippen LogP contribution in [-0.4, -0.2) is 47.9 Å². The number of ether oxygens (including phenoxy) is 2. The molecule has 0 N–H and O–H groups in total. The summed E-state index contributed by atoms with van der Waals surface area (Å²) < 4.78 is 16.7. The maximum absolute atomic E-state index is 13.1. The molecule has 1 aliphatic heterocycles. The number of benzene rings is 2. The summed E-state index contributed by atoms with van der Waals surface area (Å²) in [5.74, 6) is -0.0310. The molecule has 0 saturated carbocycles. The highest BCUT2D eigenvalue weighted by molar-refractivity contribution is 5.84. The van der Waals surface area contributed by atoms with E-state index in [1.807, 2.05) is 44.2 Å². The molecule has 194 valence electrons. The molecule has 0 bridgehead atoms. The van der Waals surface area contributed by atoms with Gasteiger partial charge in [-0.15, -0.1) is 0 Å². The van der Waals surface area contributed by atoms with E-state index in [2.05, 4.69) is 11.0 Å². The third-order valence-electron chi connectivity index (χ3n) is 6.20. The summed E-state index contributed by atoms with van der Waals surface area (Å²) in [4.78, 5) is 41.2. The van der Waals surface area contributed by atoms with E-state index >= 15 is 0 Å². The number of esters is 1. The van der Waals surface area contributed by atoms with Gasteiger partial charge in [0.2, 0.25) is 17.3 Å². The fourth-order valence-corrected chi connectivity index (χ4v) is 4.51. The molecule has 1 saturated heterocycles. The normalized spacial score (nSPS) is 14.7. The Kier molecular flexibility index (Phi) is 8.40. The number of nitrogens with zero attached hydrogens (tertiary/aromatic N) is 2. The van der Waals surface area contributed by atoms with E-state index in [0.29, 0.717) is 50.7 Å². The Hall–Kier alpha value is -3.91. The summed E-state index contributed by atoms with van der Waals surface area (Å²) in [6, 6.07) is 16.6. The van der Waals surface area contributed by atoms with Crippen molar-refractivity contribution in [2.75, 3.05) is 26.2 Å². The van der Waals surface area contributed by atoms with Crippen molar-refractivity contribution in [1.82, 2.24) is 9.80 Å². The molecule has 0 spiro atoms. The molecule has 8 nitrogen and oxygen atoms in total. The Morgan fingerprint density at radius 2 is 1.65 bits per heavy atom. The molecule has 2 aromatic carbocycles. The molecule has 4 rings (SSSR count). The zero-order valence-corrected chi connectivity index (χ0v) is 21.4. The molecular weight excluding hydrogens is 472 g/mol. The van der Waals surface area contributed by atoms with Crippen LogP contribution in [-0.2, 0) is 27.5 Å². The number of carbonyl (C=O) groups is 2. The Morgan fingerprint density at radius 1 is 0.973 bits per heavy atom. The van der Waals surface area contributed by atoms with E-state index in [1.165, 1.54) is 19.3 Å². The van der Waals surface area contributed by atoms with E-state index in [0.717, 1.165) is 16.7 Å². The average Bonchev–Trinajstić information content (AvgIpc) is 2.87. The fraction of sp³-hybridized carbons (Fsp3) is 0.345. The fourth-order valence-electron chi connectivity index (χ4n) is 4.51. The third kappa shape index (κ3) is 7.07. The molecule has 1 amide bonds. The first-order chi connectivity index (χ1) is 17.8. The Balaban J connectivity index is 1.32. The maximum Gasteiger partial charge on any atom is 0.303 e. The first-order valence-corrected chi connectivity index (χ1v) is 12.3. The number of aryl methyl sites for hydroxylation is 2.